The molecule has 0 unspecified atom stereocenters. The van der Waals surface area contributed by atoms with Crippen LogP contribution in [0.1, 0.15) is 18.0 Å². The van der Waals surface area contributed by atoms with Crippen molar-refractivity contribution in [3.05, 3.63) is 78.9 Å². The third-order valence-corrected chi connectivity index (χ3v) is 6.67. The Balaban J connectivity index is 1.05. The number of tetrazole rings is 1. The number of hydrogen-bond acceptors (Lipinski definition) is 7. The maximum absolute atomic E-state index is 6.17. The van der Waals surface area contributed by atoms with Gasteiger partial charge in [-0.1, -0.05) is 35.4 Å². The van der Waals surface area contributed by atoms with Crippen LogP contribution in [0.25, 0.3) is 5.69 Å². The number of rotatable bonds is 9. The standard InChI is InChI=1S/C25H27N7O3/c1-2-5-18(6-3-1)7-4-12-27-21-15-33-24-22(16-34-23(21)24)32-25(28-29-30-32)35-20-10-8-19(9-11-20)31-14-13-26-17-31/h1-3,5-6,8-11,13-14,17,21-24,27H,4,7,12,15-16H2/p+1/t21-,22-,23+,24+/m0/s1. The Morgan fingerprint density at radius 3 is 2.69 bits per heavy atom. The van der Waals surface area contributed by atoms with Gasteiger partial charge in [-0.05, 0) is 46.7 Å². The first-order valence-electron chi connectivity index (χ1n) is 12.0. The summed E-state index contributed by atoms with van der Waals surface area (Å²) in [6.45, 7) is 2.18. The number of nitrogens with zero attached hydrogens (tertiary/aromatic N) is 6. The van der Waals surface area contributed by atoms with Crippen LogP contribution in [0.3, 0.4) is 0 Å². The average molecular weight is 475 g/mol. The molecule has 4 heterocycles. The molecule has 0 spiro atoms. The maximum atomic E-state index is 6.17. The molecule has 10 heteroatoms. The summed E-state index contributed by atoms with van der Waals surface area (Å²) < 4.78 is 22.0. The topological polar surface area (TPSA) is 106 Å². The fraction of sp³-hybridized carbons (Fsp3) is 0.360. The Morgan fingerprint density at radius 2 is 1.86 bits per heavy atom. The summed E-state index contributed by atoms with van der Waals surface area (Å²) in [6.07, 6.45) is 7.50. The van der Waals surface area contributed by atoms with Gasteiger partial charge in [-0.2, -0.15) is 4.68 Å². The first-order valence-corrected chi connectivity index (χ1v) is 12.0. The Bertz CT molecular complexity index is 1210. The van der Waals surface area contributed by atoms with Gasteiger partial charge in [-0.3, -0.25) is 0 Å². The minimum absolute atomic E-state index is 0.0169. The van der Waals surface area contributed by atoms with Crippen molar-refractivity contribution in [2.45, 2.75) is 37.1 Å². The van der Waals surface area contributed by atoms with E-state index in [1.807, 2.05) is 35.0 Å². The summed E-state index contributed by atoms with van der Waals surface area (Å²) in [7, 11) is 0. The van der Waals surface area contributed by atoms with Crippen molar-refractivity contribution in [2.24, 2.45) is 0 Å². The molecule has 0 bridgehead atoms. The van der Waals surface area contributed by atoms with Crippen molar-refractivity contribution < 1.29 is 19.5 Å². The number of benzene rings is 2. The third kappa shape index (κ3) is 4.68. The molecule has 4 aromatic rings. The fourth-order valence-corrected chi connectivity index (χ4v) is 4.87. The van der Waals surface area contributed by atoms with E-state index in [1.165, 1.54) is 5.56 Å². The number of quaternary nitrogens is 1. The molecule has 180 valence electrons. The molecule has 6 rings (SSSR count). The van der Waals surface area contributed by atoms with E-state index in [-0.39, 0.29) is 24.3 Å². The SMILES string of the molecule is c1ccc(CCC[NH2+][C@H]2CO[C@H]3[C@@H]2OC[C@@H]3n2nnnc2Oc2ccc(-n3ccnc3)cc2)cc1. The Labute approximate surface area is 202 Å². The third-order valence-electron chi connectivity index (χ3n) is 6.67. The van der Waals surface area contributed by atoms with Crippen molar-refractivity contribution >= 4 is 0 Å². The highest BCUT2D eigenvalue weighted by Gasteiger charge is 2.51. The molecule has 4 atom stereocenters. The van der Waals surface area contributed by atoms with Crippen molar-refractivity contribution in [2.75, 3.05) is 19.8 Å². The molecule has 35 heavy (non-hydrogen) atoms. The average Bonchev–Trinajstić information content (AvgIpc) is 3.69. The zero-order valence-electron chi connectivity index (χ0n) is 19.3. The number of ether oxygens (including phenoxy) is 3. The van der Waals surface area contributed by atoms with Crippen LogP contribution in [0.5, 0.6) is 11.8 Å². The highest BCUT2D eigenvalue weighted by molar-refractivity contribution is 5.38. The van der Waals surface area contributed by atoms with Crippen LogP contribution in [0.15, 0.2) is 73.3 Å². The normalized spacial score (nSPS) is 23.4. The van der Waals surface area contributed by atoms with Crippen molar-refractivity contribution in [1.29, 1.82) is 0 Å². The monoisotopic (exact) mass is 474 g/mol. The molecule has 0 radical (unpaired) electrons. The van der Waals surface area contributed by atoms with Crippen LogP contribution in [0.4, 0.5) is 0 Å². The second-order valence-corrected chi connectivity index (χ2v) is 8.91. The van der Waals surface area contributed by atoms with E-state index >= 15 is 0 Å². The van der Waals surface area contributed by atoms with Gasteiger partial charge < -0.3 is 24.1 Å². The van der Waals surface area contributed by atoms with Gasteiger partial charge >= 0.3 is 6.01 Å². The summed E-state index contributed by atoms with van der Waals surface area (Å²) in [5.41, 5.74) is 2.37. The summed E-state index contributed by atoms with van der Waals surface area (Å²) in [4.78, 5) is 4.08. The molecular weight excluding hydrogens is 446 g/mol. The Morgan fingerprint density at radius 1 is 1.00 bits per heavy atom. The lowest BCUT2D eigenvalue weighted by Gasteiger charge is -2.16. The maximum Gasteiger partial charge on any atom is 0.341 e. The van der Waals surface area contributed by atoms with E-state index in [0.29, 0.717) is 25.0 Å². The van der Waals surface area contributed by atoms with E-state index in [1.54, 1.807) is 17.2 Å². The Kier molecular flexibility index (Phi) is 6.22. The lowest BCUT2D eigenvalue weighted by molar-refractivity contribution is -0.693. The van der Waals surface area contributed by atoms with E-state index in [9.17, 15) is 0 Å². The smallest absolute Gasteiger partial charge is 0.341 e. The first-order chi connectivity index (χ1) is 17.3. The quantitative estimate of drug-likeness (QED) is 0.367. The molecule has 0 saturated carbocycles. The van der Waals surface area contributed by atoms with Gasteiger partial charge in [-0.25, -0.2) is 4.98 Å². The van der Waals surface area contributed by atoms with E-state index < -0.39 is 0 Å². The second kappa shape index (κ2) is 9.95. The van der Waals surface area contributed by atoms with Gasteiger partial charge in [0.1, 0.15) is 36.6 Å². The number of nitrogens with two attached hydrogens (primary N) is 1. The van der Waals surface area contributed by atoms with Crippen LogP contribution in [-0.4, -0.2) is 67.8 Å². The largest absolute Gasteiger partial charge is 0.423 e. The minimum atomic E-state index is -0.127. The van der Waals surface area contributed by atoms with Gasteiger partial charge in [0, 0.05) is 24.5 Å². The van der Waals surface area contributed by atoms with Gasteiger partial charge in [0.15, 0.2) is 0 Å². The number of aryl methyl sites for hydroxylation is 1. The van der Waals surface area contributed by atoms with Crippen molar-refractivity contribution in [1.82, 2.24) is 29.8 Å². The number of hydrogen-bond donors (Lipinski definition) is 1. The molecule has 0 amide bonds. The lowest BCUT2D eigenvalue weighted by atomic mass is 10.1. The number of aromatic nitrogens is 6. The van der Waals surface area contributed by atoms with Crippen LogP contribution in [0.2, 0.25) is 0 Å². The molecule has 2 aliphatic heterocycles. The molecule has 0 aliphatic carbocycles. The van der Waals surface area contributed by atoms with Crippen LogP contribution >= 0.6 is 0 Å². The van der Waals surface area contributed by atoms with Gasteiger partial charge in [-0.15, -0.1) is 0 Å². The van der Waals surface area contributed by atoms with E-state index in [0.717, 1.165) is 25.1 Å². The molecule has 2 N–H and O–H groups in total. The summed E-state index contributed by atoms with van der Waals surface area (Å²) in [5.74, 6) is 0.650. The lowest BCUT2D eigenvalue weighted by Crippen LogP contribution is -2.92. The predicted octanol–water partition coefficient (Wildman–Crippen LogP) is 1.55. The van der Waals surface area contributed by atoms with Crippen molar-refractivity contribution in [3.8, 4) is 17.4 Å². The highest BCUT2D eigenvalue weighted by atomic mass is 16.6. The molecule has 2 aromatic heterocycles. The zero-order chi connectivity index (χ0) is 23.5. The second-order valence-electron chi connectivity index (χ2n) is 8.91. The molecule has 10 nitrogen and oxygen atoms in total. The highest BCUT2D eigenvalue weighted by Crippen LogP contribution is 2.35. The van der Waals surface area contributed by atoms with Gasteiger partial charge in [0.25, 0.3) is 0 Å². The summed E-state index contributed by atoms with van der Waals surface area (Å²) in [6, 6.07) is 18.8. The number of fused-ring (bicyclic) bond motifs is 1. The minimum Gasteiger partial charge on any atom is -0.423 e. The van der Waals surface area contributed by atoms with E-state index in [4.69, 9.17) is 14.2 Å². The van der Waals surface area contributed by atoms with Crippen molar-refractivity contribution in [3.63, 3.8) is 0 Å². The van der Waals surface area contributed by atoms with Crippen LogP contribution in [-0.2, 0) is 15.9 Å². The summed E-state index contributed by atoms with van der Waals surface area (Å²) >= 11 is 0. The molecular formula is C25H28N7O3+. The number of imidazole rings is 1. The van der Waals surface area contributed by atoms with Crippen LogP contribution in [0, 0.1) is 0 Å². The van der Waals surface area contributed by atoms with Crippen LogP contribution < -0.4 is 10.1 Å². The molecule has 2 aliphatic rings. The first kappa shape index (κ1) is 21.9. The Hall–Kier alpha value is -3.60. The molecule has 2 saturated heterocycles. The van der Waals surface area contributed by atoms with E-state index in [2.05, 4.69) is 56.2 Å². The van der Waals surface area contributed by atoms with Gasteiger partial charge in [0.05, 0.1) is 19.5 Å². The fourth-order valence-electron chi connectivity index (χ4n) is 4.87. The van der Waals surface area contributed by atoms with Gasteiger partial charge in [0.2, 0.25) is 0 Å². The predicted molar refractivity (Wildman–Crippen MR) is 125 cm³/mol. The summed E-state index contributed by atoms with van der Waals surface area (Å²) in [5, 5.41) is 14.5. The molecule has 2 fully saturated rings. The zero-order valence-corrected chi connectivity index (χ0v) is 19.3. The molecule has 2 aromatic carbocycles.